The highest BCUT2D eigenvalue weighted by Gasteiger charge is 2.24. The van der Waals surface area contributed by atoms with Gasteiger partial charge in [0.05, 0.1) is 29.3 Å². The van der Waals surface area contributed by atoms with Crippen molar-refractivity contribution < 1.29 is 4.79 Å². The Labute approximate surface area is 193 Å². The van der Waals surface area contributed by atoms with Gasteiger partial charge in [0.2, 0.25) is 5.91 Å². The minimum absolute atomic E-state index is 0.0608. The van der Waals surface area contributed by atoms with Crippen LogP contribution in [0.2, 0.25) is 0 Å². The first-order chi connectivity index (χ1) is 15.5. The van der Waals surface area contributed by atoms with Gasteiger partial charge in [-0.25, -0.2) is 4.68 Å². The highest BCUT2D eigenvalue weighted by atomic mass is 16.2. The maximum atomic E-state index is 12.8. The molecule has 2 aliphatic rings. The van der Waals surface area contributed by atoms with E-state index in [1.165, 1.54) is 63.7 Å². The van der Waals surface area contributed by atoms with Crippen molar-refractivity contribution in [1.29, 1.82) is 0 Å². The van der Waals surface area contributed by atoms with Gasteiger partial charge in [-0.2, -0.15) is 5.10 Å². The number of carbonyl (C=O) groups is 1. The van der Waals surface area contributed by atoms with Crippen LogP contribution in [0, 0.1) is 26.7 Å². The van der Waals surface area contributed by atoms with E-state index >= 15 is 0 Å². The second-order valence-corrected chi connectivity index (χ2v) is 9.78. The molecule has 1 aromatic heterocycles. The summed E-state index contributed by atoms with van der Waals surface area (Å²) in [5.41, 5.74) is 4.90. The summed E-state index contributed by atoms with van der Waals surface area (Å²) >= 11 is 0. The number of nitrogens with one attached hydrogen (secondary N) is 1. The Balaban J connectivity index is 1.28. The highest BCUT2D eigenvalue weighted by molar-refractivity contribution is 5.93. The lowest BCUT2D eigenvalue weighted by Gasteiger charge is -2.34. The number of amides is 1. The Kier molecular flexibility index (Phi) is 7.63. The Morgan fingerprint density at radius 3 is 2.25 bits per heavy atom. The fourth-order valence-electron chi connectivity index (χ4n) is 5.15. The smallest absolute Gasteiger partial charge is 0.238 e. The summed E-state index contributed by atoms with van der Waals surface area (Å²) in [7, 11) is 0. The fraction of sp³-hybridized carbons (Fsp3) is 0.615. The Bertz CT molecular complexity index is 888. The number of likely N-dealkylation sites (tertiary alicyclic amines) is 2. The zero-order valence-corrected chi connectivity index (χ0v) is 20.1. The monoisotopic (exact) mass is 437 g/mol. The Hall–Kier alpha value is -2.18. The van der Waals surface area contributed by atoms with Crippen molar-refractivity contribution in [3.8, 4) is 5.69 Å². The summed E-state index contributed by atoms with van der Waals surface area (Å²) in [6.45, 7) is 12.4. The van der Waals surface area contributed by atoms with Gasteiger partial charge in [-0.3, -0.25) is 9.69 Å². The predicted octanol–water partition coefficient (Wildman–Crippen LogP) is 4.32. The number of carbonyl (C=O) groups excluding carboxylic acids is 1. The van der Waals surface area contributed by atoms with Crippen LogP contribution in [0.5, 0.6) is 0 Å². The lowest BCUT2D eigenvalue weighted by atomic mass is 9.96. The van der Waals surface area contributed by atoms with Crippen LogP contribution in [-0.2, 0) is 4.79 Å². The minimum atomic E-state index is 0.0608. The first-order valence-electron chi connectivity index (χ1n) is 12.4. The third kappa shape index (κ3) is 5.78. The normalized spacial score (nSPS) is 19.1. The Morgan fingerprint density at radius 1 is 0.938 bits per heavy atom. The van der Waals surface area contributed by atoms with E-state index in [0.717, 1.165) is 41.8 Å². The van der Waals surface area contributed by atoms with Gasteiger partial charge in [0.15, 0.2) is 0 Å². The number of rotatable bonds is 6. The highest BCUT2D eigenvalue weighted by Crippen LogP contribution is 2.24. The lowest BCUT2D eigenvalue weighted by Crippen LogP contribution is -2.42. The molecule has 0 spiro atoms. The average molecular weight is 438 g/mol. The van der Waals surface area contributed by atoms with Crippen LogP contribution in [-0.4, -0.2) is 64.8 Å². The molecule has 2 saturated heterocycles. The summed E-state index contributed by atoms with van der Waals surface area (Å²) in [5.74, 6) is 0.843. The standard InChI is InChI=1S/C26H39N5O/c1-20-8-10-24(11-9-20)31-22(3)26(21(2)28-31)27-25(32)19-30-16-12-23(13-17-30)18-29-14-6-4-5-7-15-29/h8-11,23H,4-7,12-19H2,1-3H3,(H,27,32). The largest absolute Gasteiger partial charge is 0.322 e. The van der Waals surface area contributed by atoms with Crippen LogP contribution in [0.3, 0.4) is 0 Å². The summed E-state index contributed by atoms with van der Waals surface area (Å²) in [6, 6.07) is 8.30. The molecule has 0 radical (unpaired) electrons. The van der Waals surface area contributed by atoms with E-state index in [2.05, 4.69) is 51.4 Å². The van der Waals surface area contributed by atoms with E-state index < -0.39 is 0 Å². The Morgan fingerprint density at radius 2 is 1.59 bits per heavy atom. The summed E-state index contributed by atoms with van der Waals surface area (Å²) in [4.78, 5) is 17.8. The van der Waals surface area contributed by atoms with Gasteiger partial charge in [0.1, 0.15) is 0 Å². The molecule has 0 atom stereocenters. The van der Waals surface area contributed by atoms with Crippen molar-refractivity contribution in [3.05, 3.63) is 41.2 Å². The number of aryl methyl sites for hydroxylation is 2. The van der Waals surface area contributed by atoms with Crippen LogP contribution >= 0.6 is 0 Å². The van der Waals surface area contributed by atoms with Crippen molar-refractivity contribution in [2.24, 2.45) is 5.92 Å². The molecule has 2 aliphatic heterocycles. The number of nitrogens with zero attached hydrogens (tertiary/aromatic N) is 4. The van der Waals surface area contributed by atoms with Gasteiger partial charge < -0.3 is 10.2 Å². The molecule has 0 bridgehead atoms. The van der Waals surface area contributed by atoms with Crippen LogP contribution in [0.1, 0.15) is 55.5 Å². The van der Waals surface area contributed by atoms with Gasteiger partial charge in [-0.1, -0.05) is 30.5 Å². The van der Waals surface area contributed by atoms with Gasteiger partial charge in [-0.05, 0) is 90.7 Å². The SMILES string of the molecule is Cc1ccc(-n2nc(C)c(NC(=O)CN3CCC(CN4CCCCCC4)CC3)c2C)cc1. The molecule has 2 aromatic rings. The van der Waals surface area contributed by atoms with Crippen LogP contribution in [0.25, 0.3) is 5.69 Å². The van der Waals surface area contributed by atoms with E-state index in [1.807, 2.05) is 18.5 Å². The molecular weight excluding hydrogens is 398 g/mol. The zero-order valence-electron chi connectivity index (χ0n) is 20.1. The van der Waals surface area contributed by atoms with Crippen molar-refractivity contribution >= 4 is 11.6 Å². The van der Waals surface area contributed by atoms with E-state index in [-0.39, 0.29) is 5.91 Å². The molecule has 32 heavy (non-hydrogen) atoms. The predicted molar refractivity (Wildman–Crippen MR) is 130 cm³/mol. The number of benzene rings is 1. The van der Waals surface area contributed by atoms with E-state index in [0.29, 0.717) is 6.54 Å². The van der Waals surface area contributed by atoms with Gasteiger partial charge >= 0.3 is 0 Å². The molecule has 0 unspecified atom stereocenters. The van der Waals surface area contributed by atoms with E-state index in [1.54, 1.807) is 0 Å². The molecule has 0 saturated carbocycles. The van der Waals surface area contributed by atoms with Crippen molar-refractivity contribution in [3.63, 3.8) is 0 Å². The molecule has 174 valence electrons. The summed E-state index contributed by atoms with van der Waals surface area (Å²) in [6.07, 6.45) is 7.91. The maximum absolute atomic E-state index is 12.8. The average Bonchev–Trinajstić information content (AvgIpc) is 2.95. The topological polar surface area (TPSA) is 53.4 Å². The molecule has 2 fully saturated rings. The number of anilines is 1. The van der Waals surface area contributed by atoms with Crippen molar-refractivity contribution in [1.82, 2.24) is 19.6 Å². The van der Waals surface area contributed by atoms with Crippen molar-refractivity contribution in [2.45, 2.75) is 59.3 Å². The first kappa shape index (κ1) is 23.0. The number of hydrogen-bond acceptors (Lipinski definition) is 4. The molecule has 0 aliphatic carbocycles. The number of piperidine rings is 1. The lowest BCUT2D eigenvalue weighted by molar-refractivity contribution is -0.117. The maximum Gasteiger partial charge on any atom is 0.238 e. The quantitative estimate of drug-likeness (QED) is 0.731. The second-order valence-electron chi connectivity index (χ2n) is 9.78. The summed E-state index contributed by atoms with van der Waals surface area (Å²) in [5, 5.41) is 7.80. The second kappa shape index (κ2) is 10.6. The van der Waals surface area contributed by atoms with Gasteiger partial charge in [-0.15, -0.1) is 0 Å². The molecule has 1 aromatic carbocycles. The zero-order chi connectivity index (χ0) is 22.5. The van der Waals surface area contributed by atoms with Crippen LogP contribution < -0.4 is 5.32 Å². The van der Waals surface area contributed by atoms with Gasteiger partial charge in [0, 0.05) is 6.54 Å². The third-order valence-electron chi connectivity index (χ3n) is 7.12. The van der Waals surface area contributed by atoms with Gasteiger partial charge in [0.25, 0.3) is 0 Å². The third-order valence-corrected chi connectivity index (χ3v) is 7.12. The fourth-order valence-corrected chi connectivity index (χ4v) is 5.15. The molecule has 3 heterocycles. The molecule has 6 nitrogen and oxygen atoms in total. The molecule has 1 amide bonds. The van der Waals surface area contributed by atoms with E-state index in [9.17, 15) is 4.79 Å². The first-order valence-corrected chi connectivity index (χ1v) is 12.4. The summed E-state index contributed by atoms with van der Waals surface area (Å²) < 4.78 is 1.92. The number of aromatic nitrogens is 2. The molecular formula is C26H39N5O. The molecule has 6 heteroatoms. The molecule has 1 N–H and O–H groups in total. The van der Waals surface area contributed by atoms with E-state index in [4.69, 9.17) is 0 Å². The van der Waals surface area contributed by atoms with Crippen LogP contribution in [0.15, 0.2) is 24.3 Å². The van der Waals surface area contributed by atoms with Crippen molar-refractivity contribution in [2.75, 3.05) is 44.6 Å². The number of hydrogen-bond donors (Lipinski definition) is 1. The molecule has 4 rings (SSSR count). The van der Waals surface area contributed by atoms with Crippen LogP contribution in [0.4, 0.5) is 5.69 Å². The minimum Gasteiger partial charge on any atom is -0.322 e.